The first-order valence-corrected chi connectivity index (χ1v) is 12.3. The van der Waals surface area contributed by atoms with Crippen molar-refractivity contribution in [1.29, 1.82) is 0 Å². The summed E-state index contributed by atoms with van der Waals surface area (Å²) in [7, 11) is 0. The van der Waals surface area contributed by atoms with Gasteiger partial charge in [-0.1, -0.05) is 60.6 Å². The molecule has 1 aliphatic rings. The molecule has 1 fully saturated rings. The molecule has 2 amide bonds. The summed E-state index contributed by atoms with van der Waals surface area (Å²) in [6.45, 7) is 3.73. The number of rotatable bonds is 9. The van der Waals surface area contributed by atoms with Crippen molar-refractivity contribution in [3.63, 3.8) is 0 Å². The van der Waals surface area contributed by atoms with Crippen LogP contribution in [-0.4, -0.2) is 35.4 Å². The van der Waals surface area contributed by atoms with Crippen LogP contribution in [-0.2, 0) is 16.1 Å². The summed E-state index contributed by atoms with van der Waals surface area (Å²) >= 11 is 18.5. The number of hydrogen-bond donors (Lipinski definition) is 1. The zero-order valence-electron chi connectivity index (χ0n) is 18.9. The van der Waals surface area contributed by atoms with Crippen molar-refractivity contribution in [3.8, 4) is 5.75 Å². The fourth-order valence-electron chi connectivity index (χ4n) is 4.06. The average molecular weight is 512 g/mol. The van der Waals surface area contributed by atoms with Gasteiger partial charge in [0.2, 0.25) is 5.91 Å². The van der Waals surface area contributed by atoms with E-state index in [0.29, 0.717) is 32.8 Å². The summed E-state index contributed by atoms with van der Waals surface area (Å²) in [4.78, 5) is 28.0. The summed E-state index contributed by atoms with van der Waals surface area (Å²) in [6, 6.07) is 9.87. The minimum atomic E-state index is -0.639. The summed E-state index contributed by atoms with van der Waals surface area (Å²) in [5.74, 6) is 0.0883. The van der Waals surface area contributed by atoms with E-state index in [1.54, 1.807) is 41.3 Å². The van der Waals surface area contributed by atoms with Gasteiger partial charge < -0.3 is 15.0 Å². The van der Waals surface area contributed by atoms with Gasteiger partial charge in [-0.3, -0.25) is 9.59 Å². The van der Waals surface area contributed by atoms with Crippen LogP contribution in [0.2, 0.25) is 15.1 Å². The molecule has 0 bridgehead atoms. The molecule has 1 saturated carbocycles. The van der Waals surface area contributed by atoms with E-state index in [9.17, 15) is 9.59 Å². The second-order valence-electron chi connectivity index (χ2n) is 8.37. The Balaban J connectivity index is 1.79. The van der Waals surface area contributed by atoms with E-state index >= 15 is 0 Å². The number of carbonyl (C=O) groups is 2. The molecule has 1 N–H and O–H groups in total. The minimum Gasteiger partial charge on any atom is -0.484 e. The van der Waals surface area contributed by atoms with Crippen LogP contribution in [0.3, 0.4) is 0 Å². The topological polar surface area (TPSA) is 58.6 Å². The number of amides is 2. The lowest BCUT2D eigenvalue weighted by molar-refractivity contribution is -0.143. The van der Waals surface area contributed by atoms with Crippen molar-refractivity contribution >= 4 is 46.6 Å². The van der Waals surface area contributed by atoms with Crippen LogP contribution < -0.4 is 10.1 Å². The molecule has 0 aromatic heterocycles. The molecule has 3 rings (SSSR count). The van der Waals surface area contributed by atoms with Crippen LogP contribution in [0.15, 0.2) is 36.4 Å². The molecule has 2 aromatic carbocycles. The molecular formula is C25H29Cl3N2O3. The Labute approximate surface area is 210 Å². The van der Waals surface area contributed by atoms with E-state index in [-0.39, 0.29) is 31.0 Å². The summed E-state index contributed by atoms with van der Waals surface area (Å²) in [5.41, 5.74) is 1.57. The molecule has 0 saturated heterocycles. The number of nitrogens with one attached hydrogen (secondary N) is 1. The number of carbonyl (C=O) groups excluding carboxylic acids is 2. The number of nitrogens with zero attached hydrogens (tertiary/aromatic N) is 1. The molecule has 33 heavy (non-hydrogen) atoms. The fourth-order valence-corrected chi connectivity index (χ4v) is 4.64. The van der Waals surface area contributed by atoms with Crippen molar-refractivity contribution in [1.82, 2.24) is 10.2 Å². The lowest BCUT2D eigenvalue weighted by Crippen LogP contribution is -2.52. The molecular weight excluding hydrogens is 483 g/mol. The maximum atomic E-state index is 13.3. The summed E-state index contributed by atoms with van der Waals surface area (Å²) in [6.07, 6.45) is 4.63. The van der Waals surface area contributed by atoms with Crippen LogP contribution in [0.4, 0.5) is 0 Å². The number of halogens is 3. The third-order valence-electron chi connectivity index (χ3n) is 5.93. The van der Waals surface area contributed by atoms with Crippen molar-refractivity contribution in [2.45, 2.75) is 64.6 Å². The van der Waals surface area contributed by atoms with Crippen molar-refractivity contribution in [2.24, 2.45) is 0 Å². The highest BCUT2D eigenvalue weighted by atomic mass is 35.5. The van der Waals surface area contributed by atoms with Crippen molar-refractivity contribution in [2.75, 3.05) is 6.61 Å². The number of ether oxygens (including phenoxy) is 1. The predicted octanol–water partition coefficient (Wildman–Crippen LogP) is 6.20. The first kappa shape index (κ1) is 25.7. The number of aryl methyl sites for hydroxylation is 1. The van der Waals surface area contributed by atoms with Crippen LogP contribution in [0.5, 0.6) is 5.75 Å². The molecule has 8 heteroatoms. The fraction of sp³-hybridized carbons (Fsp3) is 0.440. The molecule has 0 radical (unpaired) electrons. The largest absolute Gasteiger partial charge is 0.484 e. The van der Waals surface area contributed by atoms with Crippen LogP contribution in [0, 0.1) is 6.92 Å². The molecule has 0 unspecified atom stereocenters. The van der Waals surface area contributed by atoms with E-state index in [1.807, 2.05) is 13.8 Å². The van der Waals surface area contributed by atoms with Gasteiger partial charge in [0.05, 0.1) is 0 Å². The maximum Gasteiger partial charge on any atom is 0.261 e. The lowest BCUT2D eigenvalue weighted by atomic mass is 10.1. The second-order valence-corrected chi connectivity index (χ2v) is 9.62. The van der Waals surface area contributed by atoms with Crippen LogP contribution >= 0.6 is 34.8 Å². The number of benzene rings is 2. The Bertz CT molecular complexity index is 993. The van der Waals surface area contributed by atoms with Gasteiger partial charge in [-0.05, 0) is 67.6 Å². The van der Waals surface area contributed by atoms with Gasteiger partial charge in [-0.15, -0.1) is 0 Å². The molecule has 0 spiro atoms. The molecule has 0 heterocycles. The minimum absolute atomic E-state index is 0.148. The van der Waals surface area contributed by atoms with Gasteiger partial charge in [0.25, 0.3) is 5.91 Å². The highest BCUT2D eigenvalue weighted by Gasteiger charge is 2.31. The Morgan fingerprint density at radius 1 is 1.09 bits per heavy atom. The normalized spacial score (nSPS) is 14.7. The average Bonchev–Trinajstić information content (AvgIpc) is 3.28. The van der Waals surface area contributed by atoms with Crippen LogP contribution in [0.1, 0.15) is 50.2 Å². The molecule has 178 valence electrons. The highest BCUT2D eigenvalue weighted by molar-refractivity contribution is 6.35. The van der Waals surface area contributed by atoms with E-state index in [1.165, 1.54) is 0 Å². The predicted molar refractivity (Wildman–Crippen MR) is 133 cm³/mol. The van der Waals surface area contributed by atoms with E-state index in [4.69, 9.17) is 39.5 Å². The third kappa shape index (κ3) is 7.02. The van der Waals surface area contributed by atoms with E-state index < -0.39 is 6.04 Å². The third-order valence-corrected chi connectivity index (χ3v) is 6.95. The monoisotopic (exact) mass is 510 g/mol. The summed E-state index contributed by atoms with van der Waals surface area (Å²) < 4.78 is 5.74. The zero-order chi connectivity index (χ0) is 24.0. The number of hydrogen-bond acceptors (Lipinski definition) is 3. The zero-order valence-corrected chi connectivity index (χ0v) is 21.1. The summed E-state index contributed by atoms with van der Waals surface area (Å²) in [5, 5.41) is 4.70. The maximum absolute atomic E-state index is 13.3. The van der Waals surface area contributed by atoms with Gasteiger partial charge in [-0.25, -0.2) is 0 Å². The lowest BCUT2D eigenvalue weighted by Gasteiger charge is -2.31. The van der Waals surface area contributed by atoms with Gasteiger partial charge in [0.1, 0.15) is 11.8 Å². The highest BCUT2D eigenvalue weighted by Crippen LogP contribution is 2.25. The molecule has 2 aromatic rings. The van der Waals surface area contributed by atoms with Crippen molar-refractivity contribution in [3.05, 3.63) is 62.6 Å². The Kier molecular flexibility index (Phi) is 9.30. The van der Waals surface area contributed by atoms with Gasteiger partial charge in [-0.2, -0.15) is 0 Å². The Morgan fingerprint density at radius 2 is 1.82 bits per heavy atom. The van der Waals surface area contributed by atoms with Crippen LogP contribution in [0.25, 0.3) is 0 Å². The first-order valence-electron chi connectivity index (χ1n) is 11.2. The molecule has 5 nitrogen and oxygen atoms in total. The first-order chi connectivity index (χ1) is 15.8. The standard InChI is InChI=1S/C25H29Cl3N2O3/c1-3-23(25(32)29-19-6-4-5-7-19)30(14-17-8-9-18(26)13-22(17)28)24(31)15-33-20-10-11-21(27)16(2)12-20/h8-13,19,23H,3-7,14-15H2,1-2H3,(H,29,32)/t23-/m0/s1. The van der Waals surface area contributed by atoms with Gasteiger partial charge >= 0.3 is 0 Å². The quantitative estimate of drug-likeness (QED) is 0.436. The Morgan fingerprint density at radius 3 is 2.45 bits per heavy atom. The second kappa shape index (κ2) is 12.0. The molecule has 0 aliphatic heterocycles. The SMILES string of the molecule is CC[C@@H](C(=O)NC1CCCC1)N(Cc1ccc(Cl)cc1Cl)C(=O)COc1ccc(Cl)c(C)c1. The van der Waals surface area contributed by atoms with E-state index in [0.717, 1.165) is 31.2 Å². The van der Waals surface area contributed by atoms with E-state index in [2.05, 4.69) is 5.32 Å². The van der Waals surface area contributed by atoms with Crippen molar-refractivity contribution < 1.29 is 14.3 Å². The molecule has 1 atom stereocenters. The Hall–Kier alpha value is -1.95. The smallest absolute Gasteiger partial charge is 0.261 e. The molecule has 1 aliphatic carbocycles. The van der Waals surface area contributed by atoms with Gasteiger partial charge in [0, 0.05) is 27.7 Å². The van der Waals surface area contributed by atoms with Gasteiger partial charge in [0.15, 0.2) is 6.61 Å².